The molecule has 3 heteroatoms. The van der Waals surface area contributed by atoms with E-state index >= 15 is 0 Å². The molecule has 0 spiro atoms. The van der Waals surface area contributed by atoms with Gasteiger partial charge in [-0.2, -0.15) is 0 Å². The molecule has 0 radical (unpaired) electrons. The molecular formula is C13H28N2O. The van der Waals surface area contributed by atoms with Crippen LogP contribution in [-0.4, -0.2) is 32.8 Å². The lowest BCUT2D eigenvalue weighted by Crippen LogP contribution is -2.29. The maximum Gasteiger partial charge on any atom is 0.0494 e. The Morgan fingerprint density at radius 1 is 1.44 bits per heavy atom. The molecule has 1 saturated carbocycles. The minimum atomic E-state index is 0.650. The van der Waals surface area contributed by atoms with Gasteiger partial charge in [0.1, 0.15) is 0 Å². The van der Waals surface area contributed by atoms with Crippen LogP contribution >= 0.6 is 0 Å². The van der Waals surface area contributed by atoms with Gasteiger partial charge in [0.25, 0.3) is 0 Å². The van der Waals surface area contributed by atoms with Crippen LogP contribution in [0.2, 0.25) is 0 Å². The Kier molecular flexibility index (Phi) is 7.81. The van der Waals surface area contributed by atoms with Crippen molar-refractivity contribution in [1.82, 2.24) is 5.32 Å². The van der Waals surface area contributed by atoms with E-state index < -0.39 is 0 Å². The zero-order valence-corrected chi connectivity index (χ0v) is 10.7. The summed E-state index contributed by atoms with van der Waals surface area (Å²) in [5.41, 5.74) is 5.70. The van der Waals surface area contributed by atoms with E-state index in [-0.39, 0.29) is 0 Å². The highest BCUT2D eigenvalue weighted by atomic mass is 16.5. The van der Waals surface area contributed by atoms with Gasteiger partial charge in [0.05, 0.1) is 0 Å². The third kappa shape index (κ3) is 7.20. The van der Waals surface area contributed by atoms with E-state index in [9.17, 15) is 0 Å². The number of ether oxygens (including phenoxy) is 1. The maximum absolute atomic E-state index is 5.70. The van der Waals surface area contributed by atoms with Crippen LogP contribution < -0.4 is 11.1 Å². The van der Waals surface area contributed by atoms with Gasteiger partial charge >= 0.3 is 0 Å². The molecule has 1 rings (SSSR count). The highest BCUT2D eigenvalue weighted by Crippen LogP contribution is 2.28. The van der Waals surface area contributed by atoms with Gasteiger partial charge in [0.2, 0.25) is 0 Å². The van der Waals surface area contributed by atoms with Gasteiger partial charge < -0.3 is 15.8 Å². The molecule has 0 aromatic rings. The molecule has 1 fully saturated rings. The Morgan fingerprint density at radius 2 is 2.25 bits per heavy atom. The van der Waals surface area contributed by atoms with Gasteiger partial charge in [-0.3, -0.25) is 0 Å². The molecule has 16 heavy (non-hydrogen) atoms. The molecule has 3 N–H and O–H groups in total. The quantitative estimate of drug-likeness (QED) is 0.530. The summed E-state index contributed by atoms with van der Waals surface area (Å²) in [6.07, 6.45) is 6.35. The van der Waals surface area contributed by atoms with Crippen molar-refractivity contribution in [2.75, 3.05) is 32.8 Å². The zero-order valence-electron chi connectivity index (χ0n) is 10.7. The first-order valence-corrected chi connectivity index (χ1v) is 6.85. The van der Waals surface area contributed by atoms with Crippen molar-refractivity contribution in [3.8, 4) is 0 Å². The molecule has 0 bridgehead atoms. The molecule has 0 saturated heterocycles. The third-order valence-corrected chi connectivity index (χ3v) is 3.16. The largest absolute Gasteiger partial charge is 0.381 e. The second kappa shape index (κ2) is 8.97. The van der Waals surface area contributed by atoms with E-state index in [4.69, 9.17) is 10.5 Å². The van der Waals surface area contributed by atoms with Gasteiger partial charge in [0, 0.05) is 13.2 Å². The standard InChI is InChI=1S/C13H28N2O/c1-2-4-13(9-14)10-15-7-3-8-16-11-12-5-6-12/h12-13,15H,2-11,14H2,1H3. The minimum Gasteiger partial charge on any atom is -0.381 e. The average Bonchev–Trinajstić information content (AvgIpc) is 3.10. The van der Waals surface area contributed by atoms with Crippen LogP contribution in [0, 0.1) is 11.8 Å². The summed E-state index contributed by atoms with van der Waals surface area (Å²) < 4.78 is 5.57. The second-order valence-electron chi connectivity index (χ2n) is 4.97. The molecule has 0 aromatic heterocycles. The van der Waals surface area contributed by atoms with Crippen molar-refractivity contribution in [1.29, 1.82) is 0 Å². The van der Waals surface area contributed by atoms with E-state index in [0.717, 1.165) is 45.2 Å². The molecule has 96 valence electrons. The van der Waals surface area contributed by atoms with Gasteiger partial charge in [-0.25, -0.2) is 0 Å². The Hall–Kier alpha value is -0.120. The molecule has 1 atom stereocenters. The first-order valence-electron chi connectivity index (χ1n) is 6.85. The van der Waals surface area contributed by atoms with Gasteiger partial charge in [0.15, 0.2) is 0 Å². The highest BCUT2D eigenvalue weighted by molar-refractivity contribution is 4.71. The van der Waals surface area contributed by atoms with E-state index in [1.165, 1.54) is 25.7 Å². The van der Waals surface area contributed by atoms with E-state index in [1.54, 1.807) is 0 Å². The smallest absolute Gasteiger partial charge is 0.0494 e. The summed E-state index contributed by atoms with van der Waals surface area (Å²) in [7, 11) is 0. The topological polar surface area (TPSA) is 47.3 Å². The van der Waals surface area contributed by atoms with Crippen LogP contribution in [0.3, 0.4) is 0 Å². The van der Waals surface area contributed by atoms with Crippen molar-refractivity contribution < 1.29 is 4.74 Å². The first kappa shape index (κ1) is 13.9. The summed E-state index contributed by atoms with van der Waals surface area (Å²) in [6.45, 7) is 7.04. The van der Waals surface area contributed by atoms with Crippen LogP contribution in [0.15, 0.2) is 0 Å². The second-order valence-corrected chi connectivity index (χ2v) is 4.97. The van der Waals surface area contributed by atoms with Crippen LogP contribution in [0.4, 0.5) is 0 Å². The normalized spacial score (nSPS) is 17.6. The molecular weight excluding hydrogens is 200 g/mol. The summed E-state index contributed by atoms with van der Waals surface area (Å²) in [5.74, 6) is 1.54. The summed E-state index contributed by atoms with van der Waals surface area (Å²) >= 11 is 0. The number of hydrogen-bond acceptors (Lipinski definition) is 3. The minimum absolute atomic E-state index is 0.650. The van der Waals surface area contributed by atoms with Crippen LogP contribution in [0.25, 0.3) is 0 Å². The summed E-state index contributed by atoms with van der Waals surface area (Å²) in [5, 5.41) is 3.46. The SMILES string of the molecule is CCCC(CN)CNCCCOCC1CC1. The molecule has 0 heterocycles. The van der Waals surface area contributed by atoms with Gasteiger partial charge in [-0.05, 0) is 57.2 Å². The van der Waals surface area contributed by atoms with Crippen molar-refractivity contribution in [3.63, 3.8) is 0 Å². The Labute approximate surface area is 100 Å². The van der Waals surface area contributed by atoms with Crippen molar-refractivity contribution in [3.05, 3.63) is 0 Å². The third-order valence-electron chi connectivity index (χ3n) is 3.16. The molecule has 1 unspecified atom stereocenters. The molecule has 0 amide bonds. The number of hydrogen-bond donors (Lipinski definition) is 2. The molecule has 0 aromatic carbocycles. The average molecular weight is 228 g/mol. The monoisotopic (exact) mass is 228 g/mol. The van der Waals surface area contributed by atoms with Crippen molar-refractivity contribution in [2.24, 2.45) is 17.6 Å². The van der Waals surface area contributed by atoms with E-state index in [2.05, 4.69) is 12.2 Å². The Bertz CT molecular complexity index is 160. The fourth-order valence-electron chi connectivity index (χ4n) is 1.85. The van der Waals surface area contributed by atoms with Gasteiger partial charge in [-0.1, -0.05) is 13.3 Å². The predicted molar refractivity (Wildman–Crippen MR) is 68.5 cm³/mol. The zero-order chi connectivity index (χ0) is 11.6. The lowest BCUT2D eigenvalue weighted by atomic mass is 10.0. The fourth-order valence-corrected chi connectivity index (χ4v) is 1.85. The fraction of sp³-hybridized carbons (Fsp3) is 1.00. The summed E-state index contributed by atoms with van der Waals surface area (Å²) in [6, 6.07) is 0. The first-order chi connectivity index (χ1) is 7.86. The van der Waals surface area contributed by atoms with Crippen molar-refractivity contribution >= 4 is 0 Å². The number of rotatable bonds is 11. The van der Waals surface area contributed by atoms with Crippen molar-refractivity contribution in [2.45, 2.75) is 39.0 Å². The molecule has 0 aliphatic heterocycles. The highest BCUT2D eigenvalue weighted by Gasteiger charge is 2.20. The lowest BCUT2D eigenvalue weighted by Gasteiger charge is -2.14. The van der Waals surface area contributed by atoms with Gasteiger partial charge in [-0.15, -0.1) is 0 Å². The molecule has 1 aliphatic carbocycles. The Morgan fingerprint density at radius 3 is 2.88 bits per heavy atom. The van der Waals surface area contributed by atoms with E-state index in [1.807, 2.05) is 0 Å². The molecule has 1 aliphatic rings. The number of nitrogens with one attached hydrogen (secondary N) is 1. The predicted octanol–water partition coefficient (Wildman–Crippen LogP) is 1.77. The van der Waals surface area contributed by atoms with Crippen LogP contribution in [0.1, 0.15) is 39.0 Å². The number of nitrogens with two attached hydrogens (primary N) is 1. The molecule has 3 nitrogen and oxygen atoms in total. The Balaban J connectivity index is 1.78. The maximum atomic E-state index is 5.70. The van der Waals surface area contributed by atoms with E-state index in [0.29, 0.717) is 5.92 Å². The van der Waals surface area contributed by atoms with Crippen LogP contribution in [-0.2, 0) is 4.74 Å². The lowest BCUT2D eigenvalue weighted by molar-refractivity contribution is 0.122. The summed E-state index contributed by atoms with van der Waals surface area (Å²) in [4.78, 5) is 0. The van der Waals surface area contributed by atoms with Crippen LogP contribution in [0.5, 0.6) is 0 Å².